The van der Waals surface area contributed by atoms with Gasteiger partial charge in [0.2, 0.25) is 10.2 Å². The third kappa shape index (κ3) is 14.9. The second-order valence-electron chi connectivity index (χ2n) is 8.20. The molecule has 0 bridgehead atoms. The van der Waals surface area contributed by atoms with Gasteiger partial charge in [0.25, 0.3) is 0 Å². The third-order valence-corrected chi connectivity index (χ3v) is 12.6. The Hall–Kier alpha value is -0.636. The van der Waals surface area contributed by atoms with E-state index in [-0.39, 0.29) is 10.2 Å². The van der Waals surface area contributed by atoms with Gasteiger partial charge in [-0.1, -0.05) is 12.2 Å². The fourth-order valence-corrected chi connectivity index (χ4v) is 9.62. The van der Waals surface area contributed by atoms with Crippen LogP contribution in [0.5, 0.6) is 0 Å². The van der Waals surface area contributed by atoms with Gasteiger partial charge in [0.15, 0.2) is 0 Å². The smallest absolute Gasteiger partial charge is 0.374 e. The SMILES string of the molecule is CCO[Si](CCC/C=C(\C)C(=O)SC(=O)/C(C)=C/CCC[Si](OCC)(OCC)OCC)(OCC)OCC. The van der Waals surface area contributed by atoms with E-state index in [4.69, 9.17) is 26.6 Å². The predicted octanol–water partition coefficient (Wildman–Crippen LogP) is 6.32. The largest absolute Gasteiger partial charge is 0.500 e. The zero-order valence-electron chi connectivity index (χ0n) is 24.3. The van der Waals surface area contributed by atoms with Crippen LogP contribution in [0.4, 0.5) is 0 Å². The summed E-state index contributed by atoms with van der Waals surface area (Å²) in [7, 11) is -5.36. The van der Waals surface area contributed by atoms with E-state index >= 15 is 0 Å². The van der Waals surface area contributed by atoms with Crippen LogP contribution in [-0.4, -0.2) is 67.5 Å². The molecule has 216 valence electrons. The number of unbranched alkanes of at least 4 members (excludes halogenated alkanes) is 2. The molecule has 0 radical (unpaired) electrons. The molecule has 0 unspecified atom stereocenters. The van der Waals surface area contributed by atoms with E-state index in [1.54, 1.807) is 13.8 Å². The molecular formula is C26H50O8SSi2. The van der Waals surface area contributed by atoms with E-state index in [2.05, 4.69) is 0 Å². The standard InChI is InChI=1S/C26H50O8SSi2/c1-9-29-36(30-10-2,31-11-3)21-17-15-19-23(7)25(27)35-26(28)24(8)20-16-18-22-37(32-12-4,33-13-5)34-14-6/h19-20H,9-18,21-22H2,1-8H3/b23-19+,24-20+. The second kappa shape index (κ2) is 21.2. The summed E-state index contributed by atoms with van der Waals surface area (Å²) >= 11 is 0.747. The quantitative estimate of drug-likeness (QED) is 0.0831. The maximum atomic E-state index is 12.6. The molecule has 0 amide bonds. The summed E-state index contributed by atoms with van der Waals surface area (Å²) in [5.41, 5.74) is 1.15. The van der Waals surface area contributed by atoms with Crippen LogP contribution in [0.2, 0.25) is 12.1 Å². The lowest BCUT2D eigenvalue weighted by Gasteiger charge is -2.28. The maximum Gasteiger partial charge on any atom is 0.500 e. The summed E-state index contributed by atoms with van der Waals surface area (Å²) in [4.78, 5) is 25.1. The van der Waals surface area contributed by atoms with E-state index in [0.29, 0.717) is 75.7 Å². The summed E-state index contributed by atoms with van der Waals surface area (Å²) in [5.74, 6) is 0. The zero-order valence-corrected chi connectivity index (χ0v) is 27.1. The highest BCUT2D eigenvalue weighted by atomic mass is 32.2. The molecule has 0 aliphatic carbocycles. The highest BCUT2D eigenvalue weighted by Gasteiger charge is 2.40. The van der Waals surface area contributed by atoms with Gasteiger partial charge in [-0.3, -0.25) is 9.59 Å². The van der Waals surface area contributed by atoms with Crippen molar-refractivity contribution in [3.63, 3.8) is 0 Å². The minimum Gasteiger partial charge on any atom is -0.374 e. The summed E-state index contributed by atoms with van der Waals surface area (Å²) in [6.07, 6.45) is 6.70. The lowest BCUT2D eigenvalue weighted by atomic mass is 10.2. The van der Waals surface area contributed by atoms with Crippen LogP contribution in [0.3, 0.4) is 0 Å². The van der Waals surface area contributed by atoms with Crippen LogP contribution < -0.4 is 0 Å². The number of carbonyl (C=O) groups is 2. The Balaban J connectivity index is 4.78. The van der Waals surface area contributed by atoms with Crippen LogP contribution in [0.25, 0.3) is 0 Å². The molecule has 0 saturated heterocycles. The number of carbonyl (C=O) groups excluding carboxylic acids is 2. The van der Waals surface area contributed by atoms with E-state index < -0.39 is 17.6 Å². The molecule has 0 aliphatic heterocycles. The average Bonchev–Trinajstić information content (AvgIpc) is 2.85. The van der Waals surface area contributed by atoms with Gasteiger partial charge < -0.3 is 26.6 Å². The van der Waals surface area contributed by atoms with Gasteiger partial charge >= 0.3 is 17.6 Å². The van der Waals surface area contributed by atoms with Crippen molar-refractivity contribution in [3.8, 4) is 0 Å². The Morgan fingerprint density at radius 2 is 0.838 bits per heavy atom. The summed E-state index contributed by atoms with van der Waals surface area (Å²) in [5, 5.41) is -0.452. The minimum absolute atomic E-state index is 0.226. The zero-order chi connectivity index (χ0) is 28.2. The molecule has 0 heterocycles. The monoisotopic (exact) mass is 578 g/mol. The minimum atomic E-state index is -2.68. The third-order valence-electron chi connectivity index (χ3n) is 5.29. The van der Waals surface area contributed by atoms with Crippen molar-refractivity contribution in [1.82, 2.24) is 0 Å². The van der Waals surface area contributed by atoms with E-state index in [1.165, 1.54) is 0 Å². The first kappa shape index (κ1) is 36.4. The molecule has 0 rings (SSSR count). The van der Waals surface area contributed by atoms with Gasteiger partial charge in [0.1, 0.15) is 0 Å². The molecule has 8 nitrogen and oxygen atoms in total. The average molecular weight is 579 g/mol. The topological polar surface area (TPSA) is 89.5 Å². The van der Waals surface area contributed by atoms with Gasteiger partial charge in [-0.25, -0.2) is 0 Å². The number of rotatable bonds is 22. The van der Waals surface area contributed by atoms with Crippen LogP contribution in [-0.2, 0) is 36.1 Å². The Morgan fingerprint density at radius 1 is 0.568 bits per heavy atom. The number of thioether (sulfide) groups is 1. The van der Waals surface area contributed by atoms with Crippen molar-refractivity contribution >= 4 is 39.6 Å². The lowest BCUT2D eigenvalue weighted by Crippen LogP contribution is -2.45. The Morgan fingerprint density at radius 3 is 1.08 bits per heavy atom. The van der Waals surface area contributed by atoms with Gasteiger partial charge in [-0.15, -0.1) is 0 Å². The van der Waals surface area contributed by atoms with Crippen molar-refractivity contribution in [3.05, 3.63) is 23.3 Å². The van der Waals surface area contributed by atoms with Crippen molar-refractivity contribution in [2.24, 2.45) is 0 Å². The van der Waals surface area contributed by atoms with Crippen molar-refractivity contribution in [2.75, 3.05) is 39.6 Å². The molecule has 0 aromatic rings. The summed E-state index contributed by atoms with van der Waals surface area (Å²) < 4.78 is 35.2. The van der Waals surface area contributed by atoms with Gasteiger partial charge in [0.05, 0.1) is 0 Å². The first-order valence-electron chi connectivity index (χ1n) is 13.6. The van der Waals surface area contributed by atoms with Crippen LogP contribution in [0, 0.1) is 0 Å². The first-order valence-corrected chi connectivity index (χ1v) is 18.3. The lowest BCUT2D eigenvalue weighted by molar-refractivity contribution is -0.109. The Kier molecular flexibility index (Phi) is 20.9. The molecule has 0 spiro atoms. The molecule has 0 fully saturated rings. The Labute approximate surface area is 231 Å². The molecule has 0 N–H and O–H groups in total. The van der Waals surface area contributed by atoms with E-state index in [1.807, 2.05) is 53.7 Å². The normalized spacial score (nSPS) is 13.3. The second-order valence-corrected chi connectivity index (χ2v) is 14.6. The number of hydrogen-bond acceptors (Lipinski definition) is 9. The summed E-state index contributed by atoms with van der Waals surface area (Å²) in [6, 6.07) is 1.38. The Bertz CT molecular complexity index is 623. The molecule has 11 heteroatoms. The maximum absolute atomic E-state index is 12.6. The molecule has 0 aliphatic rings. The number of hydrogen-bond donors (Lipinski definition) is 0. The van der Waals surface area contributed by atoms with Crippen molar-refractivity contribution < 1.29 is 36.1 Å². The van der Waals surface area contributed by atoms with Crippen LogP contribution >= 0.6 is 11.8 Å². The molecule has 0 aromatic carbocycles. The molecule has 0 saturated carbocycles. The van der Waals surface area contributed by atoms with Gasteiger partial charge in [-0.2, -0.15) is 0 Å². The van der Waals surface area contributed by atoms with Crippen molar-refractivity contribution in [2.45, 2.75) is 93.2 Å². The fraction of sp³-hybridized carbons (Fsp3) is 0.769. The van der Waals surface area contributed by atoms with E-state index in [9.17, 15) is 9.59 Å². The number of allylic oxidation sites excluding steroid dienone is 2. The van der Waals surface area contributed by atoms with Crippen molar-refractivity contribution in [1.29, 1.82) is 0 Å². The molecule has 0 atom stereocenters. The molecule has 0 aromatic heterocycles. The van der Waals surface area contributed by atoms with E-state index in [0.717, 1.165) is 24.6 Å². The summed E-state index contributed by atoms with van der Waals surface area (Å²) in [6.45, 7) is 18.4. The predicted molar refractivity (Wildman–Crippen MR) is 154 cm³/mol. The highest BCUT2D eigenvalue weighted by Crippen LogP contribution is 2.23. The van der Waals surface area contributed by atoms with Crippen LogP contribution in [0.15, 0.2) is 23.3 Å². The van der Waals surface area contributed by atoms with Gasteiger partial charge in [0, 0.05) is 51.7 Å². The van der Waals surface area contributed by atoms with Gasteiger partial charge in [-0.05, 0) is 104 Å². The molecular weight excluding hydrogens is 529 g/mol. The molecule has 37 heavy (non-hydrogen) atoms. The van der Waals surface area contributed by atoms with Crippen LogP contribution in [0.1, 0.15) is 81.1 Å². The highest BCUT2D eigenvalue weighted by molar-refractivity contribution is 8.26. The fourth-order valence-electron chi connectivity index (χ4n) is 3.69. The first-order chi connectivity index (χ1) is 17.7.